The maximum Gasteiger partial charge on any atom is 0.265 e. The van der Waals surface area contributed by atoms with E-state index in [1.165, 1.54) is 0 Å². The van der Waals surface area contributed by atoms with Gasteiger partial charge in [-0.1, -0.05) is 23.7 Å². The third kappa shape index (κ3) is 4.21. The molecule has 0 radical (unpaired) electrons. The lowest BCUT2D eigenvalue weighted by atomic mass is 10.2. The molecule has 2 N–H and O–H groups in total. The molecule has 0 fully saturated rings. The number of aromatic amines is 1. The quantitative estimate of drug-likeness (QED) is 0.707. The summed E-state index contributed by atoms with van der Waals surface area (Å²) in [6.45, 7) is 5.42. The van der Waals surface area contributed by atoms with E-state index in [1.807, 2.05) is 32.0 Å². The van der Waals surface area contributed by atoms with Gasteiger partial charge in [0, 0.05) is 16.3 Å². The summed E-state index contributed by atoms with van der Waals surface area (Å²) in [7, 11) is 0. The summed E-state index contributed by atoms with van der Waals surface area (Å²) in [4.78, 5) is 16.7. The van der Waals surface area contributed by atoms with E-state index in [4.69, 9.17) is 16.3 Å². The SMILES string of the molecule is Cc1nc(-c2cccc(NC(=O)C(C)Oc3ccc(Cl)cc3C)c2)n[nH]1. The van der Waals surface area contributed by atoms with Crippen molar-refractivity contribution in [3.8, 4) is 17.1 Å². The molecular weight excluding hydrogens is 352 g/mol. The predicted molar refractivity (Wildman–Crippen MR) is 101 cm³/mol. The first-order valence-electron chi connectivity index (χ1n) is 8.15. The summed E-state index contributed by atoms with van der Waals surface area (Å²) in [5, 5.41) is 10.4. The van der Waals surface area contributed by atoms with Crippen LogP contribution in [-0.2, 0) is 4.79 Å². The zero-order chi connectivity index (χ0) is 18.7. The largest absolute Gasteiger partial charge is 0.481 e. The standard InChI is InChI=1S/C19H19ClN4O2/c1-11-9-15(20)7-8-17(11)26-12(2)19(25)22-16-6-4-5-14(10-16)18-21-13(3)23-24-18/h4-10,12H,1-3H3,(H,22,25)(H,21,23,24). The van der Waals surface area contributed by atoms with Crippen molar-refractivity contribution in [3.05, 3.63) is 58.9 Å². The maximum absolute atomic E-state index is 12.4. The van der Waals surface area contributed by atoms with E-state index in [0.717, 1.165) is 17.0 Å². The first-order chi connectivity index (χ1) is 12.4. The smallest absolute Gasteiger partial charge is 0.265 e. The van der Waals surface area contributed by atoms with Crippen molar-refractivity contribution >= 4 is 23.2 Å². The zero-order valence-electron chi connectivity index (χ0n) is 14.7. The van der Waals surface area contributed by atoms with E-state index in [2.05, 4.69) is 20.5 Å². The first-order valence-corrected chi connectivity index (χ1v) is 8.53. The normalized spacial score (nSPS) is 11.8. The number of aromatic nitrogens is 3. The molecule has 0 spiro atoms. The molecule has 1 atom stereocenters. The molecule has 1 amide bonds. The van der Waals surface area contributed by atoms with Gasteiger partial charge in [0.2, 0.25) is 0 Å². The van der Waals surface area contributed by atoms with Gasteiger partial charge in [-0.25, -0.2) is 4.98 Å². The van der Waals surface area contributed by atoms with Crippen molar-refractivity contribution < 1.29 is 9.53 Å². The number of H-pyrrole nitrogens is 1. The molecule has 3 rings (SSSR count). The molecule has 0 aliphatic rings. The Bertz CT molecular complexity index is 939. The Labute approximate surface area is 156 Å². The third-order valence-electron chi connectivity index (χ3n) is 3.80. The second-order valence-electron chi connectivity index (χ2n) is 5.98. The number of aryl methyl sites for hydroxylation is 2. The van der Waals surface area contributed by atoms with Crippen molar-refractivity contribution in [2.45, 2.75) is 26.9 Å². The molecule has 0 aliphatic heterocycles. The molecule has 2 aromatic carbocycles. The molecule has 3 aromatic rings. The minimum absolute atomic E-state index is 0.248. The van der Waals surface area contributed by atoms with Crippen molar-refractivity contribution in [2.75, 3.05) is 5.32 Å². The maximum atomic E-state index is 12.4. The monoisotopic (exact) mass is 370 g/mol. The number of hydrogen-bond donors (Lipinski definition) is 2. The van der Waals surface area contributed by atoms with Gasteiger partial charge in [0.15, 0.2) is 11.9 Å². The molecule has 0 saturated carbocycles. The van der Waals surface area contributed by atoms with Crippen molar-refractivity contribution in [1.82, 2.24) is 15.2 Å². The number of nitrogens with one attached hydrogen (secondary N) is 2. The molecule has 134 valence electrons. The zero-order valence-corrected chi connectivity index (χ0v) is 15.5. The highest BCUT2D eigenvalue weighted by atomic mass is 35.5. The number of ether oxygens (including phenoxy) is 1. The van der Waals surface area contributed by atoms with Gasteiger partial charge in [0.1, 0.15) is 11.6 Å². The number of carbonyl (C=O) groups is 1. The van der Waals surface area contributed by atoms with E-state index >= 15 is 0 Å². The van der Waals surface area contributed by atoms with E-state index in [-0.39, 0.29) is 5.91 Å². The molecule has 0 saturated heterocycles. The van der Waals surface area contributed by atoms with E-state index in [0.29, 0.717) is 22.3 Å². The molecule has 0 aliphatic carbocycles. The fraction of sp³-hybridized carbons (Fsp3) is 0.211. The number of amides is 1. The number of halogens is 1. The van der Waals surface area contributed by atoms with Gasteiger partial charge in [-0.2, -0.15) is 5.10 Å². The highest BCUT2D eigenvalue weighted by Crippen LogP contribution is 2.23. The van der Waals surface area contributed by atoms with Crippen LogP contribution in [0.1, 0.15) is 18.3 Å². The van der Waals surface area contributed by atoms with Crippen LogP contribution in [0.2, 0.25) is 5.02 Å². The molecule has 1 unspecified atom stereocenters. The fourth-order valence-electron chi connectivity index (χ4n) is 2.44. The van der Waals surface area contributed by atoms with E-state index < -0.39 is 6.10 Å². The fourth-order valence-corrected chi connectivity index (χ4v) is 2.67. The second-order valence-corrected chi connectivity index (χ2v) is 6.42. The second kappa shape index (κ2) is 7.58. The van der Waals surface area contributed by atoms with Crippen molar-refractivity contribution in [1.29, 1.82) is 0 Å². The van der Waals surface area contributed by atoms with Gasteiger partial charge in [-0.3, -0.25) is 9.89 Å². The molecule has 6 nitrogen and oxygen atoms in total. The van der Waals surface area contributed by atoms with Crippen molar-refractivity contribution in [3.63, 3.8) is 0 Å². The van der Waals surface area contributed by atoms with E-state index in [9.17, 15) is 4.79 Å². The first kappa shape index (κ1) is 17.9. The topological polar surface area (TPSA) is 79.9 Å². The Morgan fingerprint density at radius 3 is 2.73 bits per heavy atom. The Balaban J connectivity index is 1.69. The average molecular weight is 371 g/mol. The molecule has 0 bridgehead atoms. The van der Waals surface area contributed by atoms with Gasteiger partial charge in [0.25, 0.3) is 5.91 Å². The Morgan fingerprint density at radius 2 is 2.04 bits per heavy atom. The number of nitrogens with zero attached hydrogens (tertiary/aromatic N) is 2. The lowest BCUT2D eigenvalue weighted by Crippen LogP contribution is -2.30. The Hall–Kier alpha value is -2.86. The van der Waals surface area contributed by atoms with Crippen LogP contribution in [0.15, 0.2) is 42.5 Å². The number of benzene rings is 2. The molecule has 1 aromatic heterocycles. The van der Waals surface area contributed by atoms with Gasteiger partial charge in [0.05, 0.1) is 0 Å². The number of carbonyl (C=O) groups excluding carboxylic acids is 1. The van der Waals surface area contributed by atoms with Crippen LogP contribution in [0.5, 0.6) is 5.75 Å². The van der Waals surface area contributed by atoms with Crippen LogP contribution >= 0.6 is 11.6 Å². The summed E-state index contributed by atoms with van der Waals surface area (Å²) in [6.07, 6.45) is -0.663. The minimum atomic E-state index is -0.663. The molecule has 1 heterocycles. The van der Waals surface area contributed by atoms with Gasteiger partial charge >= 0.3 is 0 Å². The lowest BCUT2D eigenvalue weighted by Gasteiger charge is -2.16. The highest BCUT2D eigenvalue weighted by Gasteiger charge is 2.16. The van der Waals surface area contributed by atoms with Crippen LogP contribution < -0.4 is 10.1 Å². The van der Waals surface area contributed by atoms with Gasteiger partial charge in [-0.15, -0.1) is 0 Å². The predicted octanol–water partition coefficient (Wildman–Crippen LogP) is 4.15. The summed E-state index contributed by atoms with van der Waals surface area (Å²) in [5.74, 6) is 1.69. The summed E-state index contributed by atoms with van der Waals surface area (Å²) in [5.41, 5.74) is 2.34. The highest BCUT2D eigenvalue weighted by molar-refractivity contribution is 6.30. The lowest BCUT2D eigenvalue weighted by molar-refractivity contribution is -0.122. The van der Waals surface area contributed by atoms with Gasteiger partial charge in [-0.05, 0) is 56.7 Å². The molecule has 26 heavy (non-hydrogen) atoms. The molecule has 7 heteroatoms. The minimum Gasteiger partial charge on any atom is -0.481 e. The van der Waals surface area contributed by atoms with Crippen LogP contribution in [-0.4, -0.2) is 27.2 Å². The average Bonchev–Trinajstić information content (AvgIpc) is 3.04. The number of hydrogen-bond acceptors (Lipinski definition) is 4. The van der Waals surface area contributed by atoms with Crippen LogP contribution in [0, 0.1) is 13.8 Å². The van der Waals surface area contributed by atoms with E-state index in [1.54, 1.807) is 31.2 Å². The molecular formula is C19H19ClN4O2. The summed E-state index contributed by atoms with van der Waals surface area (Å²) >= 11 is 5.94. The van der Waals surface area contributed by atoms with Crippen molar-refractivity contribution in [2.24, 2.45) is 0 Å². The summed E-state index contributed by atoms with van der Waals surface area (Å²) in [6, 6.07) is 12.6. The number of rotatable bonds is 5. The third-order valence-corrected chi connectivity index (χ3v) is 4.03. The number of anilines is 1. The van der Waals surface area contributed by atoms with Gasteiger partial charge < -0.3 is 10.1 Å². The summed E-state index contributed by atoms with van der Waals surface area (Å²) < 4.78 is 5.75. The Morgan fingerprint density at radius 1 is 1.23 bits per heavy atom. The Kier molecular flexibility index (Phi) is 5.23. The van der Waals surface area contributed by atoms with Crippen LogP contribution in [0.3, 0.4) is 0 Å². The van der Waals surface area contributed by atoms with Crippen LogP contribution in [0.25, 0.3) is 11.4 Å². The van der Waals surface area contributed by atoms with Crippen LogP contribution in [0.4, 0.5) is 5.69 Å².